The molecule has 16 heavy (non-hydrogen) atoms. The van der Waals surface area contributed by atoms with Gasteiger partial charge in [0.1, 0.15) is 6.73 Å². The normalized spacial score (nSPS) is 10.1. The van der Waals surface area contributed by atoms with Crippen molar-refractivity contribution < 1.29 is 9.53 Å². The van der Waals surface area contributed by atoms with Gasteiger partial charge in [-0.3, -0.25) is 9.69 Å². The van der Waals surface area contributed by atoms with Gasteiger partial charge in [0.25, 0.3) is 0 Å². The molecule has 3 heteroatoms. The number of rotatable bonds is 6. The number of amides is 1. The summed E-state index contributed by atoms with van der Waals surface area (Å²) >= 11 is 0. The molecule has 0 saturated heterocycles. The quantitative estimate of drug-likeness (QED) is 0.546. The molecule has 0 fully saturated rings. The lowest BCUT2D eigenvalue weighted by molar-refractivity contribution is -0.117. The van der Waals surface area contributed by atoms with E-state index in [4.69, 9.17) is 4.74 Å². The average Bonchev–Trinajstić information content (AvgIpc) is 2.30. The Bertz CT molecular complexity index is 311. The molecule has 0 atom stereocenters. The van der Waals surface area contributed by atoms with Crippen molar-refractivity contribution in [2.75, 3.05) is 18.2 Å². The van der Waals surface area contributed by atoms with Gasteiger partial charge in [0.05, 0.1) is 0 Å². The molecule has 0 spiro atoms. The van der Waals surface area contributed by atoms with Gasteiger partial charge in [-0.25, -0.2) is 0 Å². The van der Waals surface area contributed by atoms with Crippen LogP contribution in [0.4, 0.5) is 5.69 Å². The van der Waals surface area contributed by atoms with Crippen molar-refractivity contribution in [1.29, 1.82) is 0 Å². The molecule has 0 aliphatic heterocycles. The van der Waals surface area contributed by atoms with Crippen molar-refractivity contribution in [2.45, 2.75) is 26.7 Å². The van der Waals surface area contributed by atoms with Crippen LogP contribution in [0.2, 0.25) is 0 Å². The molecule has 1 rings (SSSR count). The minimum Gasteiger partial charge on any atom is -0.361 e. The van der Waals surface area contributed by atoms with Gasteiger partial charge in [-0.15, -0.1) is 0 Å². The molecular formula is C13H19NO2. The second kappa shape index (κ2) is 7.01. The summed E-state index contributed by atoms with van der Waals surface area (Å²) in [6.07, 6.45) is 2.13. The molecule has 0 aliphatic carbocycles. The van der Waals surface area contributed by atoms with Crippen molar-refractivity contribution in [3.05, 3.63) is 30.3 Å². The molecule has 0 N–H and O–H groups in total. The summed E-state index contributed by atoms with van der Waals surface area (Å²) in [7, 11) is 0. The Hall–Kier alpha value is -1.35. The molecule has 1 aromatic rings. The number of unbranched alkanes of at least 4 members (excludes halogenated alkanes) is 1. The third-order valence-electron chi connectivity index (χ3n) is 2.31. The fourth-order valence-electron chi connectivity index (χ4n) is 1.36. The van der Waals surface area contributed by atoms with Gasteiger partial charge in [-0.2, -0.15) is 0 Å². The van der Waals surface area contributed by atoms with Crippen LogP contribution in [0.25, 0.3) is 0 Å². The highest BCUT2D eigenvalue weighted by Gasteiger charge is 2.10. The number of hydrogen-bond acceptors (Lipinski definition) is 2. The summed E-state index contributed by atoms with van der Waals surface area (Å²) in [5, 5.41) is 0. The largest absolute Gasteiger partial charge is 0.361 e. The second-order valence-electron chi connectivity index (χ2n) is 3.67. The summed E-state index contributed by atoms with van der Waals surface area (Å²) in [5.41, 5.74) is 0.881. The van der Waals surface area contributed by atoms with Crippen LogP contribution in [0.15, 0.2) is 30.3 Å². The molecule has 0 heterocycles. The summed E-state index contributed by atoms with van der Waals surface area (Å²) in [5.74, 6) is 0.00250. The smallest absolute Gasteiger partial charge is 0.225 e. The number of ether oxygens (including phenoxy) is 1. The maximum Gasteiger partial charge on any atom is 0.225 e. The van der Waals surface area contributed by atoms with Crippen LogP contribution in [-0.2, 0) is 9.53 Å². The highest BCUT2D eigenvalue weighted by Crippen LogP contribution is 2.13. The number of carbonyl (C=O) groups excluding carboxylic acids is 1. The highest BCUT2D eigenvalue weighted by molar-refractivity contribution is 5.91. The van der Waals surface area contributed by atoms with Crippen LogP contribution in [0.3, 0.4) is 0 Å². The molecule has 3 nitrogen and oxygen atoms in total. The lowest BCUT2D eigenvalue weighted by Crippen LogP contribution is -2.31. The number of anilines is 1. The standard InChI is InChI=1S/C13H19NO2/c1-3-4-10-16-11-14(12(2)15)13-8-6-5-7-9-13/h5-9H,3-4,10-11H2,1-2H3. The number of hydrogen-bond donors (Lipinski definition) is 0. The zero-order valence-electron chi connectivity index (χ0n) is 9.98. The van der Waals surface area contributed by atoms with E-state index in [9.17, 15) is 4.79 Å². The number of para-hydroxylation sites is 1. The highest BCUT2D eigenvalue weighted by atomic mass is 16.5. The predicted octanol–water partition coefficient (Wildman–Crippen LogP) is 2.81. The molecule has 0 aromatic heterocycles. The third kappa shape index (κ3) is 4.03. The lowest BCUT2D eigenvalue weighted by atomic mass is 10.3. The monoisotopic (exact) mass is 221 g/mol. The minimum absolute atomic E-state index is 0.00250. The summed E-state index contributed by atoms with van der Waals surface area (Å²) in [4.78, 5) is 13.1. The third-order valence-corrected chi connectivity index (χ3v) is 2.31. The maximum atomic E-state index is 11.5. The Labute approximate surface area is 97.0 Å². The molecule has 88 valence electrons. The van der Waals surface area contributed by atoms with Gasteiger partial charge in [-0.1, -0.05) is 31.5 Å². The SMILES string of the molecule is CCCCOCN(C(C)=O)c1ccccc1. The number of benzene rings is 1. The second-order valence-corrected chi connectivity index (χ2v) is 3.67. The minimum atomic E-state index is 0.00250. The molecular weight excluding hydrogens is 202 g/mol. The van der Waals surface area contributed by atoms with E-state index in [1.807, 2.05) is 30.3 Å². The Morgan fingerprint density at radius 1 is 1.31 bits per heavy atom. The number of nitrogens with zero attached hydrogens (tertiary/aromatic N) is 1. The Balaban J connectivity index is 2.52. The average molecular weight is 221 g/mol. The van der Waals surface area contributed by atoms with Crippen molar-refractivity contribution in [2.24, 2.45) is 0 Å². The van der Waals surface area contributed by atoms with Crippen molar-refractivity contribution in [3.8, 4) is 0 Å². The van der Waals surface area contributed by atoms with E-state index >= 15 is 0 Å². The summed E-state index contributed by atoms with van der Waals surface area (Å²) < 4.78 is 5.46. The van der Waals surface area contributed by atoms with E-state index in [0.717, 1.165) is 18.5 Å². The van der Waals surface area contributed by atoms with Crippen LogP contribution in [0.5, 0.6) is 0 Å². The Kier molecular flexibility index (Phi) is 5.57. The maximum absolute atomic E-state index is 11.5. The first-order chi connectivity index (χ1) is 7.75. The first kappa shape index (κ1) is 12.7. The van der Waals surface area contributed by atoms with Crippen molar-refractivity contribution in [1.82, 2.24) is 0 Å². The van der Waals surface area contributed by atoms with E-state index in [0.29, 0.717) is 13.3 Å². The molecule has 0 saturated carbocycles. The zero-order valence-corrected chi connectivity index (χ0v) is 9.98. The Morgan fingerprint density at radius 2 is 2.00 bits per heavy atom. The van der Waals surface area contributed by atoms with Crippen molar-refractivity contribution >= 4 is 11.6 Å². The van der Waals surface area contributed by atoms with Gasteiger partial charge in [0.2, 0.25) is 5.91 Å². The molecule has 0 bridgehead atoms. The van der Waals surface area contributed by atoms with Gasteiger partial charge in [0.15, 0.2) is 0 Å². The van der Waals surface area contributed by atoms with Gasteiger partial charge in [0, 0.05) is 19.2 Å². The fraction of sp³-hybridized carbons (Fsp3) is 0.462. The van der Waals surface area contributed by atoms with Gasteiger partial charge < -0.3 is 4.74 Å². The molecule has 0 aliphatic rings. The topological polar surface area (TPSA) is 29.5 Å². The lowest BCUT2D eigenvalue weighted by Gasteiger charge is -2.20. The van der Waals surface area contributed by atoms with E-state index in [1.165, 1.54) is 0 Å². The fourth-order valence-corrected chi connectivity index (χ4v) is 1.36. The van der Waals surface area contributed by atoms with E-state index in [-0.39, 0.29) is 5.91 Å². The molecule has 0 unspecified atom stereocenters. The van der Waals surface area contributed by atoms with Crippen LogP contribution in [0, 0.1) is 0 Å². The van der Waals surface area contributed by atoms with Crippen LogP contribution < -0.4 is 4.90 Å². The van der Waals surface area contributed by atoms with E-state index in [1.54, 1.807) is 11.8 Å². The van der Waals surface area contributed by atoms with E-state index < -0.39 is 0 Å². The number of carbonyl (C=O) groups is 1. The summed E-state index contributed by atoms with van der Waals surface area (Å²) in [6, 6.07) is 9.57. The Morgan fingerprint density at radius 3 is 2.56 bits per heavy atom. The molecule has 1 amide bonds. The molecule has 0 radical (unpaired) electrons. The van der Waals surface area contributed by atoms with Crippen LogP contribution >= 0.6 is 0 Å². The van der Waals surface area contributed by atoms with Crippen molar-refractivity contribution in [3.63, 3.8) is 0 Å². The predicted molar refractivity (Wildman–Crippen MR) is 65.3 cm³/mol. The first-order valence-corrected chi connectivity index (χ1v) is 5.66. The zero-order chi connectivity index (χ0) is 11.8. The van der Waals surface area contributed by atoms with E-state index in [2.05, 4.69) is 6.92 Å². The van der Waals surface area contributed by atoms with Crippen LogP contribution in [-0.4, -0.2) is 19.2 Å². The first-order valence-electron chi connectivity index (χ1n) is 5.66. The van der Waals surface area contributed by atoms with Gasteiger partial charge in [-0.05, 0) is 18.6 Å². The summed E-state index contributed by atoms with van der Waals surface area (Å²) in [6.45, 7) is 4.70. The molecule has 1 aromatic carbocycles. The van der Waals surface area contributed by atoms with Crippen LogP contribution in [0.1, 0.15) is 26.7 Å². The van der Waals surface area contributed by atoms with Gasteiger partial charge >= 0.3 is 0 Å².